The molecule has 3 heteroatoms. The smallest absolute Gasteiger partial charge is 0.434 e. The lowest BCUT2D eigenvalue weighted by atomic mass is 10.1. The lowest BCUT2D eigenvalue weighted by Gasteiger charge is -2.15. The molecule has 1 unspecified atom stereocenters. The Labute approximate surface area is 74.0 Å². The average Bonchev–Trinajstić information content (AvgIpc) is 2.00. The Kier molecular flexibility index (Phi) is 5.51. The van der Waals surface area contributed by atoms with Gasteiger partial charge < -0.3 is 9.47 Å². The zero-order valence-electron chi connectivity index (χ0n) is 8.29. The van der Waals surface area contributed by atoms with Gasteiger partial charge in [-0.15, -0.1) is 0 Å². The predicted octanol–water partition coefficient (Wildman–Crippen LogP) is 2.59. The first-order chi connectivity index (χ1) is 5.57. The standard InChI is InChI=1S/C9H18O3/c1-5-6-11-9(10)12-8(4)7(2)3/h7-8H,5-6H2,1-4H3. The van der Waals surface area contributed by atoms with Crippen LogP contribution in [0.25, 0.3) is 0 Å². The summed E-state index contributed by atoms with van der Waals surface area (Å²) in [5.74, 6) is 0.333. The van der Waals surface area contributed by atoms with Gasteiger partial charge in [-0.25, -0.2) is 4.79 Å². The summed E-state index contributed by atoms with van der Waals surface area (Å²) in [5.41, 5.74) is 0. The molecule has 0 amide bonds. The van der Waals surface area contributed by atoms with Crippen molar-refractivity contribution in [1.82, 2.24) is 0 Å². The Morgan fingerprint density at radius 3 is 2.33 bits per heavy atom. The van der Waals surface area contributed by atoms with E-state index in [9.17, 15) is 4.79 Å². The van der Waals surface area contributed by atoms with Crippen molar-refractivity contribution in [1.29, 1.82) is 0 Å². The molecular weight excluding hydrogens is 156 g/mol. The van der Waals surface area contributed by atoms with E-state index >= 15 is 0 Å². The number of hydrogen-bond acceptors (Lipinski definition) is 3. The third-order valence-corrected chi connectivity index (χ3v) is 1.64. The van der Waals surface area contributed by atoms with E-state index in [2.05, 4.69) is 0 Å². The van der Waals surface area contributed by atoms with E-state index in [-0.39, 0.29) is 6.10 Å². The molecule has 0 saturated carbocycles. The molecule has 1 atom stereocenters. The molecule has 0 aliphatic carbocycles. The number of ether oxygens (including phenoxy) is 2. The van der Waals surface area contributed by atoms with Gasteiger partial charge in [-0.05, 0) is 19.3 Å². The van der Waals surface area contributed by atoms with E-state index in [4.69, 9.17) is 9.47 Å². The van der Waals surface area contributed by atoms with Crippen molar-refractivity contribution >= 4 is 6.16 Å². The summed E-state index contributed by atoms with van der Waals surface area (Å²) >= 11 is 0. The van der Waals surface area contributed by atoms with E-state index in [1.807, 2.05) is 27.7 Å². The van der Waals surface area contributed by atoms with Gasteiger partial charge in [-0.3, -0.25) is 0 Å². The Bertz CT molecular complexity index is 132. The van der Waals surface area contributed by atoms with Crippen molar-refractivity contribution in [2.24, 2.45) is 5.92 Å². The molecule has 0 aromatic heterocycles. The first-order valence-corrected chi connectivity index (χ1v) is 4.41. The maximum Gasteiger partial charge on any atom is 0.508 e. The number of hydrogen-bond donors (Lipinski definition) is 0. The van der Waals surface area contributed by atoms with Crippen molar-refractivity contribution in [2.75, 3.05) is 6.61 Å². The molecule has 0 radical (unpaired) electrons. The van der Waals surface area contributed by atoms with Crippen LogP contribution in [0.2, 0.25) is 0 Å². The molecule has 0 fully saturated rings. The molecule has 12 heavy (non-hydrogen) atoms. The minimum atomic E-state index is -0.557. The highest BCUT2D eigenvalue weighted by Gasteiger charge is 2.13. The summed E-state index contributed by atoms with van der Waals surface area (Å²) in [6.07, 6.45) is 0.193. The van der Waals surface area contributed by atoms with Gasteiger partial charge in [0.1, 0.15) is 6.10 Å². The highest BCUT2D eigenvalue weighted by atomic mass is 16.7. The van der Waals surface area contributed by atoms with E-state index in [1.54, 1.807) is 0 Å². The lowest BCUT2D eigenvalue weighted by molar-refractivity contribution is 0.0148. The normalized spacial score (nSPS) is 12.8. The Morgan fingerprint density at radius 1 is 1.33 bits per heavy atom. The summed E-state index contributed by atoms with van der Waals surface area (Å²) in [6, 6.07) is 0. The second kappa shape index (κ2) is 5.86. The molecule has 3 nitrogen and oxygen atoms in total. The summed E-state index contributed by atoms with van der Waals surface area (Å²) in [4.78, 5) is 10.9. The van der Waals surface area contributed by atoms with Crippen LogP contribution in [-0.2, 0) is 9.47 Å². The van der Waals surface area contributed by atoms with Gasteiger partial charge in [-0.2, -0.15) is 0 Å². The molecular formula is C9H18O3. The van der Waals surface area contributed by atoms with Crippen molar-refractivity contribution in [2.45, 2.75) is 40.2 Å². The largest absolute Gasteiger partial charge is 0.508 e. The van der Waals surface area contributed by atoms with E-state index in [0.29, 0.717) is 12.5 Å². The van der Waals surface area contributed by atoms with Crippen molar-refractivity contribution in [3.63, 3.8) is 0 Å². The van der Waals surface area contributed by atoms with E-state index in [1.165, 1.54) is 0 Å². The number of rotatable bonds is 4. The zero-order chi connectivity index (χ0) is 9.56. The van der Waals surface area contributed by atoms with Gasteiger partial charge in [0.15, 0.2) is 0 Å². The first-order valence-electron chi connectivity index (χ1n) is 4.41. The van der Waals surface area contributed by atoms with Crippen LogP contribution in [0.3, 0.4) is 0 Å². The monoisotopic (exact) mass is 174 g/mol. The Hall–Kier alpha value is -0.730. The quantitative estimate of drug-likeness (QED) is 0.614. The fraction of sp³-hybridized carbons (Fsp3) is 0.889. The van der Waals surface area contributed by atoms with Crippen LogP contribution >= 0.6 is 0 Å². The second-order valence-corrected chi connectivity index (χ2v) is 3.17. The molecule has 0 aromatic rings. The molecule has 72 valence electrons. The number of carbonyl (C=O) groups excluding carboxylic acids is 1. The first kappa shape index (κ1) is 11.3. The molecule has 0 aromatic carbocycles. The molecule has 0 bridgehead atoms. The molecule has 0 spiro atoms. The van der Waals surface area contributed by atoms with Gasteiger partial charge >= 0.3 is 6.16 Å². The minimum Gasteiger partial charge on any atom is -0.434 e. The Balaban J connectivity index is 3.54. The third kappa shape index (κ3) is 4.99. The lowest BCUT2D eigenvalue weighted by Crippen LogP contribution is -2.21. The number of carbonyl (C=O) groups is 1. The van der Waals surface area contributed by atoms with Gasteiger partial charge in [0.2, 0.25) is 0 Å². The SMILES string of the molecule is CCCOC(=O)OC(C)C(C)C. The van der Waals surface area contributed by atoms with E-state index < -0.39 is 6.16 Å². The maximum absolute atomic E-state index is 10.9. The van der Waals surface area contributed by atoms with Crippen LogP contribution in [0.15, 0.2) is 0 Å². The van der Waals surface area contributed by atoms with Gasteiger partial charge in [0, 0.05) is 0 Å². The second-order valence-electron chi connectivity index (χ2n) is 3.17. The van der Waals surface area contributed by atoms with Crippen LogP contribution in [0, 0.1) is 5.92 Å². The topological polar surface area (TPSA) is 35.5 Å². The van der Waals surface area contributed by atoms with Crippen LogP contribution in [0.5, 0.6) is 0 Å². The molecule has 0 N–H and O–H groups in total. The minimum absolute atomic E-state index is 0.0747. The summed E-state index contributed by atoms with van der Waals surface area (Å²) in [7, 11) is 0. The molecule has 0 heterocycles. The molecule has 0 aliphatic rings. The van der Waals surface area contributed by atoms with Crippen LogP contribution < -0.4 is 0 Å². The molecule has 0 saturated heterocycles. The van der Waals surface area contributed by atoms with Crippen LogP contribution in [0.4, 0.5) is 4.79 Å². The Morgan fingerprint density at radius 2 is 1.92 bits per heavy atom. The third-order valence-electron chi connectivity index (χ3n) is 1.64. The highest BCUT2D eigenvalue weighted by molar-refractivity contribution is 5.60. The fourth-order valence-electron chi connectivity index (χ4n) is 0.507. The summed E-state index contributed by atoms with van der Waals surface area (Å²) in [5, 5.41) is 0. The zero-order valence-corrected chi connectivity index (χ0v) is 8.29. The molecule has 0 aliphatic heterocycles. The van der Waals surface area contributed by atoms with Crippen LogP contribution in [-0.4, -0.2) is 18.9 Å². The van der Waals surface area contributed by atoms with Crippen molar-refractivity contribution in [3.8, 4) is 0 Å². The van der Waals surface area contributed by atoms with Crippen molar-refractivity contribution in [3.05, 3.63) is 0 Å². The van der Waals surface area contributed by atoms with Crippen molar-refractivity contribution < 1.29 is 14.3 Å². The summed E-state index contributed by atoms with van der Waals surface area (Å²) in [6.45, 7) is 8.23. The average molecular weight is 174 g/mol. The summed E-state index contributed by atoms with van der Waals surface area (Å²) < 4.78 is 9.70. The highest BCUT2D eigenvalue weighted by Crippen LogP contribution is 2.06. The fourth-order valence-corrected chi connectivity index (χ4v) is 0.507. The van der Waals surface area contributed by atoms with Gasteiger partial charge in [-0.1, -0.05) is 20.8 Å². The van der Waals surface area contributed by atoms with Gasteiger partial charge in [0.25, 0.3) is 0 Å². The maximum atomic E-state index is 10.9. The van der Waals surface area contributed by atoms with Crippen LogP contribution in [0.1, 0.15) is 34.1 Å². The molecule has 0 rings (SSSR count). The predicted molar refractivity (Wildman–Crippen MR) is 47.0 cm³/mol. The van der Waals surface area contributed by atoms with E-state index in [0.717, 1.165) is 6.42 Å². The van der Waals surface area contributed by atoms with Gasteiger partial charge in [0.05, 0.1) is 6.61 Å².